The predicted octanol–water partition coefficient (Wildman–Crippen LogP) is 5.69. The molecule has 0 unspecified atom stereocenters. The molecule has 1 amide bonds. The summed E-state index contributed by atoms with van der Waals surface area (Å²) >= 11 is 19.3. The monoisotopic (exact) mass is 428 g/mol. The van der Waals surface area contributed by atoms with Crippen molar-refractivity contribution < 1.29 is 14.3 Å². The second kappa shape index (κ2) is 7.80. The molecule has 0 fully saturated rings. The van der Waals surface area contributed by atoms with Gasteiger partial charge in [0.05, 0.1) is 43.0 Å². The van der Waals surface area contributed by atoms with E-state index in [1.807, 2.05) is 0 Å². The largest absolute Gasteiger partial charge is 0.462 e. The van der Waals surface area contributed by atoms with Gasteiger partial charge in [0.2, 0.25) is 0 Å². The molecule has 0 spiro atoms. The fourth-order valence-corrected chi connectivity index (χ4v) is 3.81. The van der Waals surface area contributed by atoms with Gasteiger partial charge in [-0.15, -0.1) is 0 Å². The molecule has 0 aliphatic carbocycles. The molecule has 9 heteroatoms. The third-order valence-electron chi connectivity index (χ3n) is 3.39. The van der Waals surface area contributed by atoms with E-state index in [9.17, 15) is 9.59 Å². The summed E-state index contributed by atoms with van der Waals surface area (Å²) < 4.78 is 5.71. The Hall–Kier alpha value is -1.86. The first-order chi connectivity index (χ1) is 12.4. The average molecular weight is 430 g/mol. The van der Waals surface area contributed by atoms with E-state index in [2.05, 4.69) is 10.3 Å². The topological polar surface area (TPSA) is 68.3 Å². The van der Waals surface area contributed by atoms with Crippen molar-refractivity contribution >= 4 is 73.4 Å². The number of fused-ring (bicyclic) bond motifs is 1. The Kier molecular flexibility index (Phi) is 5.67. The van der Waals surface area contributed by atoms with Crippen LogP contribution in [0.25, 0.3) is 10.2 Å². The molecule has 0 aliphatic rings. The normalized spacial score (nSPS) is 10.8. The number of anilines is 1. The van der Waals surface area contributed by atoms with Gasteiger partial charge in [0, 0.05) is 0 Å². The number of ether oxygens (including phenoxy) is 1. The van der Waals surface area contributed by atoms with E-state index in [0.29, 0.717) is 22.8 Å². The average Bonchev–Trinajstić information content (AvgIpc) is 3.00. The standard InChI is InChI=1S/C17H11Cl3N2O3S/c1-2-25-16(24)8-3-6-11-12(7-8)26-17(21-11)22-15(23)13-9(18)4-5-10(19)14(13)20/h3-7H,2H2,1H3,(H,21,22,23). The van der Waals surface area contributed by atoms with E-state index >= 15 is 0 Å². The molecule has 0 atom stereocenters. The SMILES string of the molecule is CCOC(=O)c1ccc2nc(NC(=O)c3c(Cl)ccc(Cl)c3Cl)sc2c1. The summed E-state index contributed by atoms with van der Waals surface area (Å²) in [5.74, 6) is -0.932. The maximum Gasteiger partial charge on any atom is 0.338 e. The van der Waals surface area contributed by atoms with Gasteiger partial charge in [-0.25, -0.2) is 9.78 Å². The number of hydrogen-bond acceptors (Lipinski definition) is 5. The highest BCUT2D eigenvalue weighted by atomic mass is 35.5. The fourth-order valence-electron chi connectivity index (χ4n) is 2.21. The summed E-state index contributed by atoms with van der Waals surface area (Å²) in [5.41, 5.74) is 1.13. The highest BCUT2D eigenvalue weighted by Crippen LogP contribution is 2.33. The highest BCUT2D eigenvalue weighted by Gasteiger charge is 2.19. The zero-order valence-corrected chi connectivity index (χ0v) is 16.4. The second-order valence-electron chi connectivity index (χ2n) is 5.09. The minimum Gasteiger partial charge on any atom is -0.462 e. The van der Waals surface area contributed by atoms with Crippen LogP contribution in [0.2, 0.25) is 15.1 Å². The molecule has 1 N–H and O–H groups in total. The van der Waals surface area contributed by atoms with Crippen LogP contribution in [0.4, 0.5) is 5.13 Å². The fraction of sp³-hybridized carbons (Fsp3) is 0.118. The summed E-state index contributed by atoms with van der Waals surface area (Å²) in [5, 5.41) is 3.48. The lowest BCUT2D eigenvalue weighted by atomic mass is 10.2. The van der Waals surface area contributed by atoms with Gasteiger partial charge in [0.1, 0.15) is 0 Å². The van der Waals surface area contributed by atoms with Gasteiger partial charge in [-0.2, -0.15) is 0 Å². The number of thiazole rings is 1. The lowest BCUT2D eigenvalue weighted by Crippen LogP contribution is -2.13. The first-order valence-electron chi connectivity index (χ1n) is 7.43. The molecule has 5 nitrogen and oxygen atoms in total. The van der Waals surface area contributed by atoms with Crippen LogP contribution in [0.15, 0.2) is 30.3 Å². The molecule has 3 aromatic rings. The van der Waals surface area contributed by atoms with E-state index in [1.54, 1.807) is 25.1 Å². The summed E-state index contributed by atoms with van der Waals surface area (Å²) in [4.78, 5) is 28.6. The van der Waals surface area contributed by atoms with E-state index in [0.717, 1.165) is 4.70 Å². The van der Waals surface area contributed by atoms with Crippen LogP contribution in [-0.4, -0.2) is 23.5 Å². The maximum atomic E-state index is 12.5. The van der Waals surface area contributed by atoms with Gasteiger partial charge in [-0.3, -0.25) is 10.1 Å². The molecule has 1 aromatic heterocycles. The van der Waals surface area contributed by atoms with Crippen LogP contribution in [0, 0.1) is 0 Å². The summed E-state index contributed by atoms with van der Waals surface area (Å²) in [6, 6.07) is 7.98. The van der Waals surface area contributed by atoms with Crippen LogP contribution in [-0.2, 0) is 4.74 Å². The number of esters is 1. The van der Waals surface area contributed by atoms with E-state index < -0.39 is 11.9 Å². The molecule has 0 saturated carbocycles. The lowest BCUT2D eigenvalue weighted by Gasteiger charge is -2.07. The zero-order chi connectivity index (χ0) is 18.8. The van der Waals surface area contributed by atoms with Crippen LogP contribution >= 0.6 is 46.1 Å². The van der Waals surface area contributed by atoms with Crippen molar-refractivity contribution in [3.63, 3.8) is 0 Å². The molecule has 0 aliphatic heterocycles. The Morgan fingerprint density at radius 3 is 2.62 bits per heavy atom. The number of halogens is 3. The van der Waals surface area contributed by atoms with Crippen molar-refractivity contribution in [1.29, 1.82) is 0 Å². The van der Waals surface area contributed by atoms with Gasteiger partial charge in [-0.05, 0) is 37.3 Å². The van der Waals surface area contributed by atoms with Crippen molar-refractivity contribution in [1.82, 2.24) is 4.98 Å². The number of benzene rings is 2. The van der Waals surface area contributed by atoms with Crippen molar-refractivity contribution in [3.8, 4) is 0 Å². The van der Waals surface area contributed by atoms with Crippen molar-refractivity contribution in [2.75, 3.05) is 11.9 Å². The van der Waals surface area contributed by atoms with E-state index in [4.69, 9.17) is 39.5 Å². The molecule has 0 radical (unpaired) electrons. The first-order valence-corrected chi connectivity index (χ1v) is 9.38. The Bertz CT molecular complexity index is 1020. The van der Waals surface area contributed by atoms with Crippen molar-refractivity contribution in [2.45, 2.75) is 6.92 Å². The minimum atomic E-state index is -0.521. The molecule has 0 saturated heterocycles. The zero-order valence-electron chi connectivity index (χ0n) is 13.3. The third kappa shape index (κ3) is 3.78. The molecule has 0 bridgehead atoms. The summed E-state index contributed by atoms with van der Waals surface area (Å²) in [6.07, 6.45) is 0. The Morgan fingerprint density at radius 2 is 1.88 bits per heavy atom. The van der Waals surface area contributed by atoms with Crippen LogP contribution in [0.3, 0.4) is 0 Å². The van der Waals surface area contributed by atoms with Crippen molar-refractivity contribution in [2.24, 2.45) is 0 Å². The minimum absolute atomic E-state index is 0.0716. The molecular weight excluding hydrogens is 419 g/mol. The quantitative estimate of drug-likeness (QED) is 0.427. The number of nitrogens with zero attached hydrogens (tertiary/aromatic N) is 1. The van der Waals surface area contributed by atoms with Gasteiger partial charge >= 0.3 is 5.97 Å². The molecule has 2 aromatic carbocycles. The lowest BCUT2D eigenvalue weighted by molar-refractivity contribution is 0.0526. The van der Waals surface area contributed by atoms with E-state index in [1.165, 1.54) is 23.5 Å². The van der Waals surface area contributed by atoms with Crippen LogP contribution < -0.4 is 5.32 Å². The van der Waals surface area contributed by atoms with Crippen LogP contribution in [0.5, 0.6) is 0 Å². The van der Waals surface area contributed by atoms with Crippen molar-refractivity contribution in [3.05, 3.63) is 56.5 Å². The second-order valence-corrected chi connectivity index (χ2v) is 7.32. The van der Waals surface area contributed by atoms with Gasteiger partial charge in [0.25, 0.3) is 5.91 Å². The Balaban J connectivity index is 1.89. The van der Waals surface area contributed by atoms with Gasteiger partial charge in [0.15, 0.2) is 5.13 Å². The third-order valence-corrected chi connectivity index (χ3v) is 5.44. The van der Waals surface area contributed by atoms with Gasteiger partial charge < -0.3 is 4.74 Å². The summed E-state index contributed by atoms with van der Waals surface area (Å²) in [7, 11) is 0. The van der Waals surface area contributed by atoms with Gasteiger partial charge in [-0.1, -0.05) is 46.1 Å². The summed E-state index contributed by atoms with van der Waals surface area (Å²) in [6.45, 7) is 2.03. The highest BCUT2D eigenvalue weighted by molar-refractivity contribution is 7.22. The Morgan fingerprint density at radius 1 is 1.15 bits per heavy atom. The van der Waals surface area contributed by atoms with E-state index in [-0.39, 0.29) is 20.6 Å². The number of rotatable bonds is 4. The molecular formula is C17H11Cl3N2O3S. The number of carbonyl (C=O) groups excluding carboxylic acids is 2. The smallest absolute Gasteiger partial charge is 0.338 e. The molecule has 3 rings (SSSR count). The maximum absolute atomic E-state index is 12.5. The number of amides is 1. The predicted molar refractivity (Wildman–Crippen MR) is 105 cm³/mol. The Labute approximate surface area is 167 Å². The first kappa shape index (κ1) is 18.9. The molecule has 26 heavy (non-hydrogen) atoms. The number of hydrogen-bond donors (Lipinski definition) is 1. The number of carbonyl (C=O) groups is 2. The number of aromatic nitrogens is 1. The number of nitrogens with one attached hydrogen (secondary N) is 1. The molecule has 1 heterocycles. The van der Waals surface area contributed by atoms with Crippen LogP contribution in [0.1, 0.15) is 27.6 Å². The molecule has 134 valence electrons.